The molecule has 3 aromatic carbocycles. The van der Waals surface area contributed by atoms with E-state index in [1.807, 2.05) is 0 Å². The monoisotopic (exact) mass is 536 g/mol. The normalized spacial score (nSPS) is 15.7. The zero-order valence-corrected chi connectivity index (χ0v) is 22.2. The van der Waals surface area contributed by atoms with Crippen molar-refractivity contribution in [1.82, 2.24) is 0 Å². The highest BCUT2D eigenvalue weighted by molar-refractivity contribution is 6.09. The number of rotatable bonds is 0. The van der Waals surface area contributed by atoms with Crippen LogP contribution >= 0.6 is 0 Å². The lowest BCUT2D eigenvalue weighted by atomic mass is 10.0. The van der Waals surface area contributed by atoms with Gasteiger partial charge in [-0.25, -0.2) is 0 Å². The van der Waals surface area contributed by atoms with Gasteiger partial charge in [-0.1, -0.05) is 31.6 Å². The first-order chi connectivity index (χ1) is 19.4. The van der Waals surface area contributed by atoms with Gasteiger partial charge in [-0.2, -0.15) is 0 Å². The zero-order chi connectivity index (χ0) is 28.3. The fraction of sp³-hybridized carbons (Fsp3) is 0.250. The van der Waals surface area contributed by atoms with Gasteiger partial charge in [0.1, 0.15) is 0 Å². The van der Waals surface area contributed by atoms with Gasteiger partial charge in [0.2, 0.25) is 11.8 Å². The molecule has 4 N–H and O–H groups in total. The van der Waals surface area contributed by atoms with E-state index in [1.165, 1.54) is 18.2 Å². The van der Waals surface area contributed by atoms with Gasteiger partial charge >= 0.3 is 0 Å². The fourth-order valence-electron chi connectivity index (χ4n) is 4.38. The Labute approximate surface area is 233 Å². The molecule has 0 radical (unpaired) electrons. The molecule has 6 rings (SSSR count). The number of terminal acetylenes is 1. The van der Waals surface area contributed by atoms with E-state index < -0.39 is 11.8 Å². The van der Waals surface area contributed by atoms with Gasteiger partial charge in [-0.3, -0.25) is 19.2 Å². The number of carbonyl (C=O) groups is 4. The Hall–Kier alpha value is -4.90. The minimum Gasteiger partial charge on any atom is -0.326 e. The summed E-state index contributed by atoms with van der Waals surface area (Å²) in [5, 5.41) is 11.4. The summed E-state index contributed by atoms with van der Waals surface area (Å²) >= 11 is 0. The van der Waals surface area contributed by atoms with E-state index in [2.05, 4.69) is 27.2 Å². The van der Waals surface area contributed by atoms with Crippen LogP contribution in [0.1, 0.15) is 77.6 Å². The average Bonchev–Trinajstić information content (AvgIpc) is 2.95. The number of amides is 4. The number of hydrogen-bond acceptors (Lipinski definition) is 4. The molecule has 6 bridgehead atoms. The number of nitrogens with one attached hydrogen (secondary N) is 4. The van der Waals surface area contributed by atoms with Crippen LogP contribution in [0.5, 0.6) is 0 Å². The lowest BCUT2D eigenvalue weighted by Gasteiger charge is -2.11. The molecule has 8 nitrogen and oxygen atoms in total. The van der Waals surface area contributed by atoms with Gasteiger partial charge in [-0.05, 0) is 79.6 Å². The Kier molecular flexibility index (Phi) is 9.67. The molecule has 0 fully saturated rings. The second kappa shape index (κ2) is 13.8. The van der Waals surface area contributed by atoms with Crippen molar-refractivity contribution in [3.05, 3.63) is 83.4 Å². The van der Waals surface area contributed by atoms with Crippen molar-refractivity contribution in [2.75, 3.05) is 21.3 Å². The third-order valence-electron chi connectivity index (χ3n) is 6.53. The van der Waals surface area contributed by atoms with Crippen molar-refractivity contribution >= 4 is 46.4 Å². The van der Waals surface area contributed by atoms with Crippen LogP contribution in [0.4, 0.5) is 22.7 Å². The minimum absolute atomic E-state index is 0.0596. The summed E-state index contributed by atoms with van der Waals surface area (Å²) < 4.78 is 0. The number of carbonyl (C=O) groups excluding carboxylic acids is 4. The highest BCUT2D eigenvalue weighted by atomic mass is 16.2. The smallest absolute Gasteiger partial charge is 0.255 e. The molecule has 3 aromatic rings. The molecule has 0 unspecified atom stereocenters. The van der Waals surface area contributed by atoms with Gasteiger partial charge in [0.05, 0.1) is 0 Å². The molecule has 4 amide bonds. The van der Waals surface area contributed by atoms with Gasteiger partial charge in [0, 0.05) is 52.3 Å². The van der Waals surface area contributed by atoms with Crippen LogP contribution in [0.25, 0.3) is 0 Å². The van der Waals surface area contributed by atoms with Crippen LogP contribution in [0, 0.1) is 12.3 Å². The summed E-state index contributed by atoms with van der Waals surface area (Å²) in [5.74, 6) is 1.51. The molecular formula is C32H32N4O4. The molecule has 3 aliphatic rings. The molecule has 8 heteroatoms. The molecule has 204 valence electrons. The molecule has 3 aliphatic heterocycles. The van der Waals surface area contributed by atoms with E-state index in [1.54, 1.807) is 48.5 Å². The standard InChI is InChI=1S/C32H32N4O4/c1-2-22-19-23-21-24(20-22)32(40)36-28-17-13-26(14-18-28)34-30(38)10-8-6-4-3-5-7-9-29(37)33-25-11-15-27(16-12-25)35-31(23)39/h1,11-21H,3-10H2,(H,33,37)(H,34,38)(H,35,39)(H,36,40). The van der Waals surface area contributed by atoms with Crippen LogP contribution in [-0.2, 0) is 9.59 Å². The fourth-order valence-corrected chi connectivity index (χ4v) is 4.38. The molecule has 0 spiro atoms. The van der Waals surface area contributed by atoms with Crippen LogP contribution < -0.4 is 21.3 Å². The first-order valence-electron chi connectivity index (χ1n) is 13.4. The minimum atomic E-state index is -0.430. The molecule has 0 aliphatic carbocycles. The van der Waals surface area contributed by atoms with Crippen LogP contribution in [-0.4, -0.2) is 23.6 Å². The van der Waals surface area contributed by atoms with Gasteiger partial charge in [0.25, 0.3) is 11.8 Å². The second-order valence-electron chi connectivity index (χ2n) is 9.72. The third kappa shape index (κ3) is 8.30. The van der Waals surface area contributed by atoms with E-state index >= 15 is 0 Å². The second-order valence-corrected chi connectivity index (χ2v) is 9.72. The maximum Gasteiger partial charge on any atom is 0.255 e. The Morgan fingerprint density at radius 3 is 1.23 bits per heavy atom. The lowest BCUT2D eigenvalue weighted by Crippen LogP contribution is -2.16. The van der Waals surface area contributed by atoms with E-state index in [0.717, 1.165) is 38.5 Å². The Bertz CT molecular complexity index is 1320. The predicted octanol–water partition coefficient (Wildman–Crippen LogP) is 6.18. The largest absolute Gasteiger partial charge is 0.326 e. The summed E-state index contributed by atoms with van der Waals surface area (Å²) in [6.45, 7) is 0. The highest BCUT2D eigenvalue weighted by Crippen LogP contribution is 2.19. The van der Waals surface area contributed by atoms with E-state index in [4.69, 9.17) is 6.42 Å². The molecule has 3 heterocycles. The topological polar surface area (TPSA) is 116 Å². The maximum absolute atomic E-state index is 13.0. The number of benzene rings is 3. The lowest BCUT2D eigenvalue weighted by molar-refractivity contribution is -0.117. The SMILES string of the molecule is C#Cc1cc2cc(c1)C(=O)Nc1ccc(cc1)NC(=O)CCCCCCCCC(=O)Nc1ccc(cc1)NC2=O. The predicted molar refractivity (Wildman–Crippen MR) is 157 cm³/mol. The van der Waals surface area contributed by atoms with Crippen LogP contribution in [0.3, 0.4) is 0 Å². The molecular weight excluding hydrogens is 504 g/mol. The number of hydrogen-bond donors (Lipinski definition) is 4. The summed E-state index contributed by atoms with van der Waals surface area (Å²) in [6, 6.07) is 18.2. The molecule has 0 atom stereocenters. The van der Waals surface area contributed by atoms with Gasteiger partial charge in [0.15, 0.2) is 0 Å². The van der Waals surface area contributed by atoms with Crippen LogP contribution in [0.2, 0.25) is 0 Å². The van der Waals surface area contributed by atoms with E-state index in [9.17, 15) is 19.2 Å². The van der Waals surface area contributed by atoms with Crippen molar-refractivity contribution < 1.29 is 19.2 Å². The van der Waals surface area contributed by atoms with Gasteiger partial charge < -0.3 is 21.3 Å². The third-order valence-corrected chi connectivity index (χ3v) is 6.53. The van der Waals surface area contributed by atoms with Crippen molar-refractivity contribution in [1.29, 1.82) is 0 Å². The Morgan fingerprint density at radius 2 is 0.850 bits per heavy atom. The Balaban J connectivity index is 1.53. The molecule has 0 aromatic heterocycles. The van der Waals surface area contributed by atoms with Crippen molar-refractivity contribution in [3.8, 4) is 12.3 Å². The summed E-state index contributed by atoms with van der Waals surface area (Å²) in [7, 11) is 0. The molecule has 0 saturated carbocycles. The van der Waals surface area contributed by atoms with Crippen molar-refractivity contribution in [2.45, 2.75) is 51.4 Å². The highest BCUT2D eigenvalue weighted by Gasteiger charge is 2.14. The Morgan fingerprint density at radius 1 is 0.500 bits per heavy atom. The summed E-state index contributed by atoms with van der Waals surface area (Å²) in [5.41, 5.74) is 3.19. The maximum atomic E-state index is 13.0. The van der Waals surface area contributed by atoms with E-state index in [-0.39, 0.29) is 22.9 Å². The van der Waals surface area contributed by atoms with E-state index in [0.29, 0.717) is 41.2 Å². The number of anilines is 4. The summed E-state index contributed by atoms with van der Waals surface area (Å²) in [4.78, 5) is 50.6. The first-order valence-corrected chi connectivity index (χ1v) is 13.4. The first kappa shape index (κ1) is 28.1. The zero-order valence-electron chi connectivity index (χ0n) is 22.2. The van der Waals surface area contributed by atoms with Crippen molar-refractivity contribution in [3.63, 3.8) is 0 Å². The summed E-state index contributed by atoms with van der Waals surface area (Å²) in [6.07, 6.45) is 12.0. The molecule has 0 saturated heterocycles. The quantitative estimate of drug-likeness (QED) is 0.257. The van der Waals surface area contributed by atoms with Crippen molar-refractivity contribution in [2.24, 2.45) is 0 Å². The van der Waals surface area contributed by atoms with Gasteiger partial charge in [-0.15, -0.1) is 6.42 Å². The number of fused-ring (bicyclic) bond motifs is 2. The van der Waals surface area contributed by atoms with Crippen LogP contribution in [0.15, 0.2) is 66.7 Å². The average molecular weight is 537 g/mol. The molecule has 40 heavy (non-hydrogen) atoms.